The molecule has 0 bridgehead atoms. The zero-order valence-corrected chi connectivity index (χ0v) is 9.52. The lowest BCUT2D eigenvalue weighted by atomic mass is 10.2. The lowest BCUT2D eigenvalue weighted by molar-refractivity contribution is 0.411. The molecule has 102 valence electrons. The summed E-state index contributed by atoms with van der Waals surface area (Å²) in [5, 5.41) is 10.8. The Morgan fingerprint density at radius 3 is 2.15 bits per heavy atom. The Balaban J connectivity index is 2.54. The first kappa shape index (κ1) is 13.7. The van der Waals surface area contributed by atoms with E-state index in [4.69, 9.17) is 5.26 Å². The van der Waals surface area contributed by atoms with Gasteiger partial charge in [0, 0.05) is 0 Å². The number of nitrogens with zero attached hydrogens (tertiary/aromatic N) is 2. The molecule has 0 atom stereocenters. The van der Waals surface area contributed by atoms with Crippen molar-refractivity contribution in [3.8, 4) is 6.07 Å². The van der Waals surface area contributed by atoms with Crippen molar-refractivity contribution in [3.63, 3.8) is 0 Å². The van der Waals surface area contributed by atoms with Crippen LogP contribution in [0.15, 0.2) is 18.2 Å². The average molecular weight is 285 g/mol. The van der Waals surface area contributed by atoms with E-state index >= 15 is 0 Å². The van der Waals surface area contributed by atoms with Crippen molar-refractivity contribution in [1.29, 1.82) is 5.26 Å². The molecule has 1 aromatic carbocycles. The van der Waals surface area contributed by atoms with Crippen LogP contribution in [-0.4, -0.2) is 4.98 Å². The van der Waals surface area contributed by atoms with Crippen molar-refractivity contribution in [2.24, 2.45) is 0 Å². The number of hydrogen-bond donors (Lipinski definition) is 1. The number of rotatable bonds is 2. The predicted molar refractivity (Wildman–Crippen MR) is 58.5 cm³/mol. The summed E-state index contributed by atoms with van der Waals surface area (Å²) in [6.07, 6.45) is 0. The Morgan fingerprint density at radius 1 is 1.00 bits per heavy atom. The fourth-order valence-electron chi connectivity index (χ4n) is 1.45. The molecule has 0 saturated carbocycles. The van der Waals surface area contributed by atoms with Gasteiger partial charge in [0.2, 0.25) is 11.6 Å². The van der Waals surface area contributed by atoms with Gasteiger partial charge in [-0.2, -0.15) is 27.8 Å². The largest absolute Gasteiger partial charge is 0.349 e. The van der Waals surface area contributed by atoms with Crippen LogP contribution < -0.4 is 5.32 Å². The van der Waals surface area contributed by atoms with E-state index in [1.807, 2.05) is 5.32 Å². The molecule has 0 aliphatic rings. The summed E-state index contributed by atoms with van der Waals surface area (Å²) in [6.45, 7) is 0. The van der Waals surface area contributed by atoms with E-state index in [-0.39, 0.29) is 11.3 Å². The van der Waals surface area contributed by atoms with E-state index in [2.05, 4.69) is 4.98 Å². The molecule has 2 rings (SSSR count). The second-order valence-electron chi connectivity index (χ2n) is 3.62. The van der Waals surface area contributed by atoms with Crippen LogP contribution in [-0.2, 0) is 0 Å². The molecule has 0 amide bonds. The van der Waals surface area contributed by atoms with E-state index < -0.39 is 35.0 Å². The molecule has 2 aromatic rings. The van der Waals surface area contributed by atoms with Crippen LogP contribution >= 0.6 is 0 Å². The van der Waals surface area contributed by atoms with Crippen LogP contribution in [0.5, 0.6) is 0 Å². The lowest BCUT2D eigenvalue weighted by Crippen LogP contribution is -2.07. The lowest BCUT2D eigenvalue weighted by Gasteiger charge is -2.10. The minimum atomic E-state index is -1.84. The first-order chi connectivity index (χ1) is 9.43. The standard InChI is InChI=1S/C12H4F5N3/c13-6-1-2-7(5(3-6)4-18)19-10-8(14)11(16)20-12(17)9(10)15/h1-3H,(H,19,20). The number of nitrogens with one attached hydrogen (secondary N) is 1. The van der Waals surface area contributed by atoms with Gasteiger partial charge in [0.05, 0.1) is 11.3 Å². The Hall–Kier alpha value is -2.69. The third-order valence-electron chi connectivity index (χ3n) is 2.36. The minimum Gasteiger partial charge on any atom is -0.349 e. The molecule has 0 aliphatic heterocycles. The van der Waals surface area contributed by atoms with Gasteiger partial charge in [-0.25, -0.2) is 4.39 Å². The second kappa shape index (κ2) is 5.13. The molecule has 8 heteroatoms. The Kier molecular flexibility index (Phi) is 3.52. The van der Waals surface area contributed by atoms with Crippen LogP contribution in [0.2, 0.25) is 0 Å². The summed E-state index contributed by atoms with van der Waals surface area (Å²) in [5.41, 5.74) is -1.66. The van der Waals surface area contributed by atoms with Crippen LogP contribution in [0.1, 0.15) is 5.56 Å². The van der Waals surface area contributed by atoms with Gasteiger partial charge in [0.1, 0.15) is 17.6 Å². The van der Waals surface area contributed by atoms with Gasteiger partial charge in [-0.3, -0.25) is 0 Å². The van der Waals surface area contributed by atoms with E-state index in [0.29, 0.717) is 0 Å². The molecule has 0 fully saturated rings. The third kappa shape index (κ3) is 2.38. The highest BCUT2D eigenvalue weighted by atomic mass is 19.2. The minimum absolute atomic E-state index is 0.211. The molecule has 1 N–H and O–H groups in total. The Morgan fingerprint density at radius 2 is 1.60 bits per heavy atom. The number of pyridine rings is 1. The third-order valence-corrected chi connectivity index (χ3v) is 2.36. The van der Waals surface area contributed by atoms with E-state index in [1.54, 1.807) is 6.07 Å². The highest BCUT2D eigenvalue weighted by Gasteiger charge is 2.21. The SMILES string of the molecule is N#Cc1cc(F)ccc1Nc1c(F)c(F)nc(F)c1F. The number of benzene rings is 1. The Bertz CT molecular complexity index is 698. The first-order valence-corrected chi connectivity index (χ1v) is 5.10. The fourth-order valence-corrected chi connectivity index (χ4v) is 1.45. The normalized spacial score (nSPS) is 10.2. The molecule has 1 heterocycles. The summed E-state index contributed by atoms with van der Waals surface area (Å²) in [6, 6.07) is 4.28. The molecular weight excluding hydrogens is 281 g/mol. The summed E-state index contributed by atoms with van der Waals surface area (Å²) < 4.78 is 65.5. The predicted octanol–water partition coefficient (Wildman–Crippen LogP) is 3.39. The van der Waals surface area contributed by atoms with Gasteiger partial charge in [-0.15, -0.1) is 0 Å². The van der Waals surface area contributed by atoms with Crippen molar-refractivity contribution in [1.82, 2.24) is 4.98 Å². The van der Waals surface area contributed by atoms with Gasteiger partial charge in [0.25, 0.3) is 11.9 Å². The average Bonchev–Trinajstić information content (AvgIpc) is 2.42. The van der Waals surface area contributed by atoms with E-state index in [9.17, 15) is 22.0 Å². The van der Waals surface area contributed by atoms with Crippen molar-refractivity contribution in [2.75, 3.05) is 5.32 Å². The molecule has 20 heavy (non-hydrogen) atoms. The van der Waals surface area contributed by atoms with E-state index in [1.165, 1.54) is 0 Å². The van der Waals surface area contributed by atoms with Crippen LogP contribution in [0, 0.1) is 40.7 Å². The quantitative estimate of drug-likeness (QED) is 0.679. The van der Waals surface area contributed by atoms with Gasteiger partial charge < -0.3 is 5.32 Å². The summed E-state index contributed by atoms with van der Waals surface area (Å²) in [5.74, 6) is -7.94. The van der Waals surface area contributed by atoms with Crippen LogP contribution in [0.4, 0.5) is 33.3 Å². The highest BCUT2D eigenvalue weighted by molar-refractivity contribution is 5.67. The molecule has 0 radical (unpaired) electrons. The van der Waals surface area contributed by atoms with E-state index in [0.717, 1.165) is 18.2 Å². The van der Waals surface area contributed by atoms with Gasteiger partial charge in [-0.1, -0.05) is 0 Å². The summed E-state index contributed by atoms with van der Waals surface area (Å²) in [7, 11) is 0. The first-order valence-electron chi connectivity index (χ1n) is 5.10. The van der Waals surface area contributed by atoms with Gasteiger partial charge in [0.15, 0.2) is 0 Å². The summed E-state index contributed by atoms with van der Waals surface area (Å²) in [4.78, 5) is 2.38. The fraction of sp³-hybridized carbons (Fsp3) is 0. The maximum absolute atomic E-state index is 13.4. The Labute approximate surface area is 109 Å². The number of nitriles is 1. The molecule has 0 unspecified atom stereocenters. The molecular formula is C12H4F5N3. The number of hydrogen-bond acceptors (Lipinski definition) is 3. The monoisotopic (exact) mass is 285 g/mol. The maximum atomic E-state index is 13.4. The molecule has 1 aromatic heterocycles. The highest BCUT2D eigenvalue weighted by Crippen LogP contribution is 2.27. The van der Waals surface area contributed by atoms with Crippen molar-refractivity contribution in [2.45, 2.75) is 0 Å². The summed E-state index contributed by atoms with van der Waals surface area (Å²) >= 11 is 0. The van der Waals surface area contributed by atoms with Crippen molar-refractivity contribution in [3.05, 3.63) is 53.1 Å². The molecule has 0 spiro atoms. The van der Waals surface area contributed by atoms with Gasteiger partial charge >= 0.3 is 0 Å². The van der Waals surface area contributed by atoms with Crippen LogP contribution in [0.3, 0.4) is 0 Å². The number of aromatic nitrogens is 1. The zero-order chi connectivity index (χ0) is 14.9. The molecule has 3 nitrogen and oxygen atoms in total. The zero-order valence-electron chi connectivity index (χ0n) is 9.52. The second-order valence-corrected chi connectivity index (χ2v) is 3.62. The van der Waals surface area contributed by atoms with Crippen molar-refractivity contribution >= 4 is 11.4 Å². The maximum Gasteiger partial charge on any atom is 0.253 e. The van der Waals surface area contributed by atoms with Crippen molar-refractivity contribution < 1.29 is 22.0 Å². The molecule has 0 saturated heterocycles. The van der Waals surface area contributed by atoms with Crippen LogP contribution in [0.25, 0.3) is 0 Å². The smallest absolute Gasteiger partial charge is 0.253 e. The number of halogens is 5. The topological polar surface area (TPSA) is 48.7 Å². The number of anilines is 2. The van der Waals surface area contributed by atoms with Gasteiger partial charge in [-0.05, 0) is 18.2 Å². The molecule has 0 aliphatic carbocycles.